The lowest BCUT2D eigenvalue weighted by Crippen LogP contribution is -2.26. The summed E-state index contributed by atoms with van der Waals surface area (Å²) in [5, 5.41) is 1.82. The predicted octanol–water partition coefficient (Wildman–Crippen LogP) is 5.64. The predicted molar refractivity (Wildman–Crippen MR) is 84.6 cm³/mol. The van der Waals surface area contributed by atoms with E-state index in [-0.39, 0.29) is 5.41 Å². The number of hydrogen-bond donors (Lipinski definition) is 0. The summed E-state index contributed by atoms with van der Waals surface area (Å²) in [7, 11) is 0. The summed E-state index contributed by atoms with van der Waals surface area (Å²) in [4.78, 5) is 0. The van der Waals surface area contributed by atoms with Crippen molar-refractivity contribution < 1.29 is 0 Å². The van der Waals surface area contributed by atoms with Crippen molar-refractivity contribution in [2.45, 2.75) is 24.2 Å². The van der Waals surface area contributed by atoms with Crippen molar-refractivity contribution in [3.63, 3.8) is 0 Å². The first kappa shape index (κ1) is 12.5. The van der Waals surface area contributed by atoms with Gasteiger partial charge in [0.25, 0.3) is 0 Å². The molecule has 0 nitrogen and oxygen atoms in total. The number of fused-ring (bicyclic) bond motifs is 5. The molecule has 0 aliphatic heterocycles. The van der Waals surface area contributed by atoms with Crippen LogP contribution in [0.15, 0.2) is 59.6 Å². The van der Waals surface area contributed by atoms with Crippen molar-refractivity contribution in [3.05, 3.63) is 81.4 Å². The molecule has 4 rings (SSSR count). The molecule has 0 aromatic heterocycles. The highest BCUT2D eigenvalue weighted by Gasteiger charge is 2.48. The second kappa shape index (κ2) is 4.38. The SMILES string of the molecule is ClC1=CC2CC(c3ccccc3)(C1)c1cccc(Cl)c12. The van der Waals surface area contributed by atoms with Gasteiger partial charge in [-0.25, -0.2) is 0 Å². The molecule has 0 saturated carbocycles. The monoisotopic (exact) mass is 300 g/mol. The second-order valence-corrected chi connectivity index (χ2v) is 6.64. The molecule has 2 heteroatoms. The lowest BCUT2D eigenvalue weighted by molar-refractivity contribution is 0.477. The molecule has 2 aromatic carbocycles. The van der Waals surface area contributed by atoms with E-state index in [2.05, 4.69) is 48.5 Å². The number of halogens is 2. The first-order valence-electron chi connectivity index (χ1n) is 6.91. The first-order valence-corrected chi connectivity index (χ1v) is 7.67. The Morgan fingerprint density at radius 3 is 2.55 bits per heavy atom. The molecule has 2 bridgehead atoms. The van der Waals surface area contributed by atoms with Gasteiger partial charge in [0.2, 0.25) is 0 Å². The zero-order valence-corrected chi connectivity index (χ0v) is 12.5. The number of benzene rings is 2. The molecule has 0 radical (unpaired) electrons. The van der Waals surface area contributed by atoms with Crippen LogP contribution in [0.1, 0.15) is 35.4 Å². The third kappa shape index (κ3) is 1.62. The topological polar surface area (TPSA) is 0 Å². The van der Waals surface area contributed by atoms with Crippen molar-refractivity contribution in [1.82, 2.24) is 0 Å². The molecule has 0 saturated heterocycles. The van der Waals surface area contributed by atoms with Crippen LogP contribution in [0.4, 0.5) is 0 Å². The third-order valence-corrected chi connectivity index (χ3v) is 5.28. The molecule has 0 amide bonds. The summed E-state index contributed by atoms with van der Waals surface area (Å²) in [6.07, 6.45) is 4.13. The minimum Gasteiger partial charge on any atom is -0.0894 e. The van der Waals surface area contributed by atoms with Crippen LogP contribution >= 0.6 is 23.2 Å². The molecule has 0 heterocycles. The molecule has 2 aliphatic carbocycles. The lowest BCUT2D eigenvalue weighted by atomic mass is 9.71. The molecular formula is C18H14Cl2. The molecule has 100 valence electrons. The van der Waals surface area contributed by atoms with Gasteiger partial charge in [-0.15, -0.1) is 0 Å². The van der Waals surface area contributed by atoms with Crippen LogP contribution < -0.4 is 0 Å². The van der Waals surface area contributed by atoms with Crippen LogP contribution in [0.5, 0.6) is 0 Å². The molecule has 2 aliphatic rings. The van der Waals surface area contributed by atoms with Crippen molar-refractivity contribution in [1.29, 1.82) is 0 Å². The molecule has 0 N–H and O–H groups in total. The van der Waals surface area contributed by atoms with Crippen LogP contribution in [0.3, 0.4) is 0 Å². The zero-order chi connectivity index (χ0) is 13.7. The number of rotatable bonds is 1. The van der Waals surface area contributed by atoms with Crippen LogP contribution in [-0.2, 0) is 5.41 Å². The fraction of sp³-hybridized carbons (Fsp3) is 0.222. The van der Waals surface area contributed by atoms with Gasteiger partial charge >= 0.3 is 0 Å². The summed E-state index contributed by atoms with van der Waals surface area (Å²) in [6.45, 7) is 0. The average molecular weight is 301 g/mol. The standard InChI is InChI=1S/C18H14Cl2/c19-14-9-12-10-18(11-14,13-5-2-1-3-6-13)15-7-4-8-16(20)17(12)15/h1-9,12H,10-11H2. The molecule has 20 heavy (non-hydrogen) atoms. The van der Waals surface area contributed by atoms with E-state index in [1.54, 1.807) is 0 Å². The summed E-state index contributed by atoms with van der Waals surface area (Å²) >= 11 is 12.9. The fourth-order valence-electron chi connectivity index (χ4n) is 3.93. The van der Waals surface area contributed by atoms with E-state index in [4.69, 9.17) is 23.2 Å². The maximum atomic E-state index is 6.46. The van der Waals surface area contributed by atoms with E-state index in [0.717, 1.165) is 22.9 Å². The molecular weight excluding hydrogens is 287 g/mol. The van der Waals surface area contributed by atoms with Gasteiger partial charge in [0.1, 0.15) is 0 Å². The van der Waals surface area contributed by atoms with Gasteiger partial charge in [0, 0.05) is 21.4 Å². The van der Waals surface area contributed by atoms with E-state index in [9.17, 15) is 0 Å². The third-order valence-electron chi connectivity index (χ3n) is 4.69. The van der Waals surface area contributed by atoms with Gasteiger partial charge < -0.3 is 0 Å². The quantitative estimate of drug-likeness (QED) is 0.639. The molecule has 0 fully saturated rings. The molecule has 2 atom stereocenters. The van der Waals surface area contributed by atoms with Crippen molar-refractivity contribution in [2.75, 3.05) is 0 Å². The van der Waals surface area contributed by atoms with Crippen molar-refractivity contribution in [2.24, 2.45) is 0 Å². The highest BCUT2D eigenvalue weighted by molar-refractivity contribution is 6.32. The first-order chi connectivity index (χ1) is 9.71. The average Bonchev–Trinajstić information content (AvgIpc) is 2.70. The van der Waals surface area contributed by atoms with Gasteiger partial charge in [-0.05, 0) is 35.6 Å². The maximum absolute atomic E-state index is 6.46. The Bertz CT molecular complexity index is 703. The summed E-state index contributed by atoms with van der Waals surface area (Å²) in [6, 6.07) is 17.0. The number of allylic oxidation sites excluding steroid dienone is 2. The Morgan fingerprint density at radius 2 is 1.75 bits per heavy atom. The Hall–Kier alpha value is -1.24. The maximum Gasteiger partial charge on any atom is 0.0447 e. The van der Waals surface area contributed by atoms with Crippen molar-refractivity contribution >= 4 is 23.2 Å². The number of hydrogen-bond acceptors (Lipinski definition) is 0. The summed E-state index contributed by atoms with van der Waals surface area (Å²) < 4.78 is 0. The van der Waals surface area contributed by atoms with Crippen LogP contribution in [0.25, 0.3) is 0 Å². The summed E-state index contributed by atoms with van der Waals surface area (Å²) in [5.41, 5.74) is 3.97. The van der Waals surface area contributed by atoms with Gasteiger partial charge in [-0.3, -0.25) is 0 Å². The Labute approximate surface area is 129 Å². The van der Waals surface area contributed by atoms with E-state index >= 15 is 0 Å². The van der Waals surface area contributed by atoms with Crippen molar-refractivity contribution in [3.8, 4) is 0 Å². The van der Waals surface area contributed by atoms with E-state index in [1.165, 1.54) is 16.7 Å². The van der Waals surface area contributed by atoms with E-state index < -0.39 is 0 Å². The molecule has 2 unspecified atom stereocenters. The Kier molecular flexibility index (Phi) is 2.73. The fourth-order valence-corrected chi connectivity index (χ4v) is 4.62. The Morgan fingerprint density at radius 1 is 0.950 bits per heavy atom. The van der Waals surface area contributed by atoms with Gasteiger partial charge in [-0.2, -0.15) is 0 Å². The summed E-state index contributed by atoms with van der Waals surface area (Å²) in [5.74, 6) is 0.347. The Balaban J connectivity index is 2.01. The normalized spacial score (nSPS) is 27.1. The highest BCUT2D eigenvalue weighted by Crippen LogP contribution is 2.58. The second-order valence-electron chi connectivity index (χ2n) is 5.75. The minimum atomic E-state index is -0.00199. The highest BCUT2D eigenvalue weighted by atomic mass is 35.5. The van der Waals surface area contributed by atoms with E-state index in [1.807, 2.05) is 6.07 Å². The molecule has 2 aromatic rings. The largest absolute Gasteiger partial charge is 0.0894 e. The van der Waals surface area contributed by atoms with Gasteiger partial charge in [-0.1, -0.05) is 71.7 Å². The van der Waals surface area contributed by atoms with Crippen LogP contribution in [-0.4, -0.2) is 0 Å². The van der Waals surface area contributed by atoms with Gasteiger partial charge in [0.05, 0.1) is 0 Å². The van der Waals surface area contributed by atoms with E-state index in [0.29, 0.717) is 5.92 Å². The van der Waals surface area contributed by atoms with Crippen LogP contribution in [0, 0.1) is 0 Å². The smallest absolute Gasteiger partial charge is 0.0447 e. The van der Waals surface area contributed by atoms with Crippen LogP contribution in [0.2, 0.25) is 5.02 Å². The lowest BCUT2D eigenvalue weighted by Gasteiger charge is -2.33. The molecule has 0 spiro atoms. The van der Waals surface area contributed by atoms with Gasteiger partial charge in [0.15, 0.2) is 0 Å². The zero-order valence-electron chi connectivity index (χ0n) is 10.9. The minimum absolute atomic E-state index is 0.00199.